The van der Waals surface area contributed by atoms with E-state index in [0.717, 1.165) is 0 Å². The van der Waals surface area contributed by atoms with Gasteiger partial charge in [0.15, 0.2) is 0 Å². The number of hydrogen-bond donors (Lipinski definition) is 1. The summed E-state index contributed by atoms with van der Waals surface area (Å²) in [6, 6.07) is 9.30. The van der Waals surface area contributed by atoms with Gasteiger partial charge in [-0.1, -0.05) is 35.3 Å². The summed E-state index contributed by atoms with van der Waals surface area (Å²) in [6.45, 7) is 0. The molecule has 0 heterocycles. The molecular weight excluding hydrogens is 302 g/mol. The lowest BCUT2D eigenvalue weighted by Crippen LogP contribution is -2.05. The second-order valence-electron chi connectivity index (χ2n) is 4.34. The molecule has 0 saturated carbocycles. The van der Waals surface area contributed by atoms with Crippen LogP contribution in [-0.2, 0) is 6.42 Å². The van der Waals surface area contributed by atoms with Crippen molar-refractivity contribution in [1.82, 2.24) is 0 Å². The summed E-state index contributed by atoms with van der Waals surface area (Å²) in [5.41, 5.74) is 0.949. The molecule has 0 amide bonds. The summed E-state index contributed by atoms with van der Waals surface area (Å²) >= 11 is 11.6. The van der Waals surface area contributed by atoms with E-state index in [1.165, 1.54) is 13.2 Å². The van der Waals surface area contributed by atoms with Crippen molar-refractivity contribution in [1.29, 1.82) is 0 Å². The number of aliphatic hydroxyl groups is 1. The van der Waals surface area contributed by atoms with E-state index in [1.807, 2.05) is 0 Å². The fraction of sp³-hybridized carbons (Fsp3) is 0.200. The number of benzene rings is 2. The number of ether oxygens (including phenoxy) is 1. The van der Waals surface area contributed by atoms with Crippen LogP contribution in [0, 0.1) is 5.82 Å². The summed E-state index contributed by atoms with van der Waals surface area (Å²) in [6.07, 6.45) is -0.765. The molecule has 0 bridgehead atoms. The van der Waals surface area contributed by atoms with Gasteiger partial charge in [-0.3, -0.25) is 0 Å². The Bertz CT molecular complexity index is 617. The highest BCUT2D eigenvalue weighted by Gasteiger charge is 2.16. The van der Waals surface area contributed by atoms with Gasteiger partial charge in [0, 0.05) is 22.0 Å². The van der Waals surface area contributed by atoms with Gasteiger partial charge in [-0.2, -0.15) is 0 Å². The Morgan fingerprint density at radius 1 is 1.15 bits per heavy atom. The zero-order chi connectivity index (χ0) is 14.7. The number of halogens is 3. The number of rotatable bonds is 4. The molecule has 0 aliphatic heterocycles. The van der Waals surface area contributed by atoms with Gasteiger partial charge in [0.05, 0.1) is 13.2 Å². The highest BCUT2D eigenvalue weighted by molar-refractivity contribution is 6.30. The van der Waals surface area contributed by atoms with E-state index >= 15 is 0 Å². The smallest absolute Gasteiger partial charge is 0.127 e. The molecule has 0 aromatic heterocycles. The van der Waals surface area contributed by atoms with E-state index in [2.05, 4.69) is 0 Å². The SMILES string of the molecule is COc1cc(Cl)ccc1C(O)Cc1ccc(Cl)cc1F. The van der Waals surface area contributed by atoms with E-state index in [1.54, 1.807) is 30.3 Å². The molecule has 2 aromatic carbocycles. The minimum absolute atomic E-state index is 0.126. The standard InChI is InChI=1S/C15H13Cl2FO2/c1-20-15-8-11(17)4-5-12(15)14(19)6-9-2-3-10(16)7-13(9)18/h2-5,7-8,14,19H,6H2,1H3. The van der Waals surface area contributed by atoms with Crippen LogP contribution in [0.15, 0.2) is 36.4 Å². The Labute approximate surface area is 126 Å². The first-order chi connectivity index (χ1) is 9.51. The Hall–Kier alpha value is -1.29. The topological polar surface area (TPSA) is 29.5 Å². The zero-order valence-electron chi connectivity index (χ0n) is 10.7. The normalized spacial score (nSPS) is 12.2. The molecule has 1 atom stereocenters. The third kappa shape index (κ3) is 3.42. The Balaban J connectivity index is 2.25. The minimum Gasteiger partial charge on any atom is -0.496 e. The van der Waals surface area contributed by atoms with Gasteiger partial charge < -0.3 is 9.84 Å². The molecule has 0 aliphatic carbocycles. The van der Waals surface area contributed by atoms with Crippen LogP contribution in [0.4, 0.5) is 4.39 Å². The van der Waals surface area contributed by atoms with Crippen molar-refractivity contribution in [2.75, 3.05) is 7.11 Å². The van der Waals surface area contributed by atoms with Gasteiger partial charge in [0.25, 0.3) is 0 Å². The Kier molecular flexibility index (Phi) is 4.86. The molecule has 0 aliphatic rings. The van der Waals surface area contributed by atoms with Gasteiger partial charge in [-0.25, -0.2) is 4.39 Å². The predicted octanol–water partition coefficient (Wildman–Crippen LogP) is 4.42. The quantitative estimate of drug-likeness (QED) is 0.905. The molecule has 20 heavy (non-hydrogen) atoms. The van der Waals surface area contributed by atoms with Crippen LogP contribution in [0.25, 0.3) is 0 Å². The molecular formula is C15H13Cl2FO2. The lowest BCUT2D eigenvalue weighted by Gasteiger charge is -2.15. The van der Waals surface area contributed by atoms with E-state index in [0.29, 0.717) is 26.9 Å². The summed E-state index contributed by atoms with van der Waals surface area (Å²) in [5.74, 6) is 0.0313. The third-order valence-electron chi connectivity index (χ3n) is 2.98. The first-order valence-electron chi connectivity index (χ1n) is 5.96. The van der Waals surface area contributed by atoms with Crippen molar-refractivity contribution in [3.8, 4) is 5.75 Å². The average molecular weight is 315 g/mol. The summed E-state index contributed by atoms with van der Waals surface area (Å²) in [5, 5.41) is 11.1. The van der Waals surface area contributed by atoms with Crippen molar-refractivity contribution in [2.24, 2.45) is 0 Å². The highest BCUT2D eigenvalue weighted by Crippen LogP contribution is 2.31. The molecule has 0 saturated heterocycles. The minimum atomic E-state index is -0.891. The summed E-state index contributed by atoms with van der Waals surface area (Å²) in [7, 11) is 1.49. The Morgan fingerprint density at radius 3 is 2.45 bits per heavy atom. The fourth-order valence-corrected chi connectivity index (χ4v) is 2.29. The number of hydrogen-bond acceptors (Lipinski definition) is 2. The molecule has 106 valence electrons. The van der Waals surface area contributed by atoms with Crippen LogP contribution in [-0.4, -0.2) is 12.2 Å². The zero-order valence-corrected chi connectivity index (χ0v) is 12.2. The largest absolute Gasteiger partial charge is 0.496 e. The van der Waals surface area contributed by atoms with Gasteiger partial charge in [-0.15, -0.1) is 0 Å². The van der Waals surface area contributed by atoms with Gasteiger partial charge in [0.1, 0.15) is 11.6 Å². The van der Waals surface area contributed by atoms with Crippen molar-refractivity contribution < 1.29 is 14.2 Å². The summed E-state index contributed by atoms with van der Waals surface area (Å²) < 4.78 is 18.9. The molecule has 0 fully saturated rings. The monoisotopic (exact) mass is 314 g/mol. The second kappa shape index (κ2) is 6.44. The first-order valence-corrected chi connectivity index (χ1v) is 6.72. The van der Waals surface area contributed by atoms with Crippen LogP contribution in [0.1, 0.15) is 17.2 Å². The fourth-order valence-electron chi connectivity index (χ4n) is 1.97. The molecule has 2 rings (SSSR count). The maximum atomic E-state index is 13.7. The van der Waals surface area contributed by atoms with Crippen LogP contribution in [0.3, 0.4) is 0 Å². The van der Waals surface area contributed by atoms with E-state index in [-0.39, 0.29) is 6.42 Å². The molecule has 0 spiro atoms. The lowest BCUT2D eigenvalue weighted by atomic mass is 10.0. The van der Waals surface area contributed by atoms with Gasteiger partial charge in [-0.05, 0) is 29.8 Å². The first kappa shape index (κ1) is 15.1. The molecule has 1 unspecified atom stereocenters. The molecule has 2 nitrogen and oxygen atoms in total. The molecule has 5 heteroatoms. The van der Waals surface area contributed by atoms with E-state index in [9.17, 15) is 9.50 Å². The van der Waals surface area contributed by atoms with Gasteiger partial charge in [0.2, 0.25) is 0 Å². The van der Waals surface area contributed by atoms with Crippen molar-refractivity contribution in [3.05, 3.63) is 63.4 Å². The predicted molar refractivity (Wildman–Crippen MR) is 78.1 cm³/mol. The van der Waals surface area contributed by atoms with Crippen LogP contribution in [0.2, 0.25) is 10.0 Å². The van der Waals surface area contributed by atoms with Crippen LogP contribution in [0.5, 0.6) is 5.75 Å². The number of methoxy groups -OCH3 is 1. The van der Waals surface area contributed by atoms with Crippen molar-refractivity contribution in [3.63, 3.8) is 0 Å². The average Bonchev–Trinajstić information content (AvgIpc) is 2.41. The number of aliphatic hydroxyl groups excluding tert-OH is 1. The summed E-state index contributed by atoms with van der Waals surface area (Å²) in [4.78, 5) is 0. The van der Waals surface area contributed by atoms with Crippen LogP contribution < -0.4 is 4.74 Å². The van der Waals surface area contributed by atoms with Crippen molar-refractivity contribution >= 4 is 23.2 Å². The molecule has 0 radical (unpaired) electrons. The van der Waals surface area contributed by atoms with Crippen LogP contribution >= 0.6 is 23.2 Å². The van der Waals surface area contributed by atoms with Crippen molar-refractivity contribution in [2.45, 2.75) is 12.5 Å². The molecule has 1 N–H and O–H groups in total. The third-order valence-corrected chi connectivity index (χ3v) is 3.45. The van der Waals surface area contributed by atoms with E-state index in [4.69, 9.17) is 27.9 Å². The lowest BCUT2D eigenvalue weighted by molar-refractivity contribution is 0.172. The maximum Gasteiger partial charge on any atom is 0.127 e. The highest BCUT2D eigenvalue weighted by atomic mass is 35.5. The molecule has 2 aromatic rings. The Morgan fingerprint density at radius 2 is 1.80 bits per heavy atom. The van der Waals surface area contributed by atoms with E-state index < -0.39 is 11.9 Å². The second-order valence-corrected chi connectivity index (χ2v) is 5.21. The van der Waals surface area contributed by atoms with Gasteiger partial charge >= 0.3 is 0 Å². The maximum absolute atomic E-state index is 13.7.